The Bertz CT molecular complexity index is 743. The highest BCUT2D eigenvalue weighted by Gasteiger charge is 2.35. The van der Waals surface area contributed by atoms with Gasteiger partial charge in [0.15, 0.2) is 0 Å². The predicted octanol–water partition coefficient (Wildman–Crippen LogP) is 3.77. The molecular weight excluding hydrogens is 322 g/mol. The molecule has 2 aromatic rings. The maximum absolute atomic E-state index is 10.0. The van der Waals surface area contributed by atoms with Crippen molar-refractivity contribution in [3.8, 4) is 5.75 Å². The summed E-state index contributed by atoms with van der Waals surface area (Å²) in [5.41, 5.74) is 3.26. The molecular formula is C22H29N3O. The molecule has 138 valence electrons. The average Bonchev–Trinajstić information content (AvgIpc) is 2.61. The fourth-order valence-corrected chi connectivity index (χ4v) is 3.87. The summed E-state index contributed by atoms with van der Waals surface area (Å²) in [6, 6.07) is 12.6. The molecule has 2 heterocycles. The van der Waals surface area contributed by atoms with Crippen molar-refractivity contribution in [3.63, 3.8) is 0 Å². The van der Waals surface area contributed by atoms with E-state index in [1.54, 1.807) is 6.07 Å². The van der Waals surface area contributed by atoms with Crippen molar-refractivity contribution in [2.24, 2.45) is 0 Å². The summed E-state index contributed by atoms with van der Waals surface area (Å²) in [6.45, 7) is 13.3. The normalized spacial score (nSPS) is 22.9. The van der Waals surface area contributed by atoms with Crippen LogP contribution in [0.1, 0.15) is 36.7 Å². The van der Waals surface area contributed by atoms with Crippen LogP contribution in [0.3, 0.4) is 0 Å². The van der Waals surface area contributed by atoms with E-state index in [9.17, 15) is 5.11 Å². The first kappa shape index (κ1) is 18.6. The second kappa shape index (κ2) is 8.02. The van der Waals surface area contributed by atoms with Gasteiger partial charge < -0.3 is 5.11 Å². The lowest BCUT2D eigenvalue weighted by Crippen LogP contribution is -2.57. The Balaban J connectivity index is 1.98. The van der Waals surface area contributed by atoms with Crippen LogP contribution in [0.25, 0.3) is 0 Å². The molecule has 1 aliphatic heterocycles. The number of hydrogen-bond donors (Lipinski definition) is 1. The summed E-state index contributed by atoms with van der Waals surface area (Å²) in [5, 5.41) is 10.0. The number of rotatable bonds is 5. The molecule has 0 radical (unpaired) electrons. The van der Waals surface area contributed by atoms with Crippen LogP contribution in [0.4, 0.5) is 0 Å². The number of aromatic hydroxyl groups is 1. The molecule has 0 aliphatic carbocycles. The third-order valence-electron chi connectivity index (χ3n) is 5.26. The van der Waals surface area contributed by atoms with Gasteiger partial charge in [-0.3, -0.25) is 14.8 Å². The van der Waals surface area contributed by atoms with Gasteiger partial charge >= 0.3 is 0 Å². The van der Waals surface area contributed by atoms with Gasteiger partial charge in [0.05, 0.1) is 11.7 Å². The molecule has 1 saturated heterocycles. The van der Waals surface area contributed by atoms with E-state index in [1.165, 1.54) is 0 Å². The van der Waals surface area contributed by atoms with E-state index in [-0.39, 0.29) is 6.04 Å². The molecule has 0 bridgehead atoms. The molecule has 0 unspecified atom stereocenters. The molecule has 1 fully saturated rings. The molecule has 1 N–H and O–H groups in total. The Morgan fingerprint density at radius 1 is 1.23 bits per heavy atom. The molecule has 0 amide bonds. The van der Waals surface area contributed by atoms with Crippen molar-refractivity contribution in [1.29, 1.82) is 0 Å². The zero-order valence-electron chi connectivity index (χ0n) is 16.0. The van der Waals surface area contributed by atoms with Crippen molar-refractivity contribution in [2.75, 3.05) is 19.6 Å². The molecule has 3 rings (SSSR count). The van der Waals surface area contributed by atoms with Crippen molar-refractivity contribution in [1.82, 2.24) is 14.8 Å². The Morgan fingerprint density at radius 2 is 2.04 bits per heavy atom. The minimum absolute atomic E-state index is 0.0334. The number of pyridine rings is 1. The van der Waals surface area contributed by atoms with Crippen LogP contribution in [-0.2, 0) is 0 Å². The summed E-state index contributed by atoms with van der Waals surface area (Å²) >= 11 is 0. The summed E-state index contributed by atoms with van der Waals surface area (Å²) in [6.07, 6.45) is 3.90. The highest BCUT2D eigenvalue weighted by atomic mass is 16.3. The molecule has 3 atom stereocenters. The number of benzene rings is 1. The summed E-state index contributed by atoms with van der Waals surface area (Å²) in [4.78, 5) is 9.70. The van der Waals surface area contributed by atoms with Crippen molar-refractivity contribution >= 4 is 0 Å². The van der Waals surface area contributed by atoms with Crippen molar-refractivity contribution < 1.29 is 5.11 Å². The second-order valence-electron chi connectivity index (χ2n) is 7.40. The fourth-order valence-electron chi connectivity index (χ4n) is 3.87. The minimum atomic E-state index is 0.0334. The second-order valence-corrected chi connectivity index (χ2v) is 7.40. The summed E-state index contributed by atoms with van der Waals surface area (Å²) < 4.78 is 0. The molecule has 0 spiro atoms. The first-order valence-electron chi connectivity index (χ1n) is 9.31. The Kier molecular flexibility index (Phi) is 5.74. The van der Waals surface area contributed by atoms with E-state index in [1.807, 2.05) is 24.4 Å². The lowest BCUT2D eigenvalue weighted by Gasteiger charge is -2.47. The lowest BCUT2D eigenvalue weighted by molar-refractivity contribution is 0.0296. The number of phenolic OH excluding ortho intramolecular Hbond substituents is 1. The van der Waals surface area contributed by atoms with Crippen LogP contribution in [0, 0.1) is 6.92 Å². The van der Waals surface area contributed by atoms with E-state index in [0.717, 1.165) is 36.5 Å². The standard InChI is InChI=1S/C22H29N3O/c1-5-11-24-14-18(4)25(15-17(24)3)22(19-7-6-8-20(26)12-19)21-10-9-16(2)13-23-21/h5-10,12-13,17-18,22,26H,1,11,14-15H2,2-4H3/t17-,18+,22+/m0/s1. The number of nitrogens with zero attached hydrogens (tertiary/aromatic N) is 3. The van der Waals surface area contributed by atoms with Gasteiger partial charge in [-0.15, -0.1) is 6.58 Å². The topological polar surface area (TPSA) is 39.6 Å². The molecule has 1 aromatic carbocycles. The minimum Gasteiger partial charge on any atom is -0.508 e. The summed E-state index contributed by atoms with van der Waals surface area (Å²) in [5.74, 6) is 0.297. The molecule has 1 aromatic heterocycles. The van der Waals surface area contributed by atoms with Gasteiger partial charge in [-0.05, 0) is 50.1 Å². The van der Waals surface area contributed by atoms with E-state index < -0.39 is 0 Å². The maximum Gasteiger partial charge on any atom is 0.115 e. The third kappa shape index (κ3) is 3.97. The quantitative estimate of drug-likeness (QED) is 0.833. The van der Waals surface area contributed by atoms with E-state index in [0.29, 0.717) is 17.8 Å². The van der Waals surface area contributed by atoms with Crippen LogP contribution < -0.4 is 0 Å². The lowest BCUT2D eigenvalue weighted by atomic mass is 9.96. The van der Waals surface area contributed by atoms with Gasteiger partial charge in [0.2, 0.25) is 0 Å². The number of aryl methyl sites for hydroxylation is 1. The Hall–Kier alpha value is -2.17. The SMILES string of the molecule is C=CCN1C[C@@H](C)N([C@H](c2cccc(O)c2)c2ccc(C)cn2)C[C@@H]1C. The molecule has 1 aliphatic rings. The molecule has 4 heteroatoms. The van der Waals surface area contributed by atoms with Crippen LogP contribution in [-0.4, -0.2) is 51.6 Å². The van der Waals surface area contributed by atoms with Crippen LogP contribution in [0.15, 0.2) is 55.3 Å². The van der Waals surface area contributed by atoms with Gasteiger partial charge in [0, 0.05) is 37.9 Å². The van der Waals surface area contributed by atoms with Gasteiger partial charge in [-0.2, -0.15) is 0 Å². The van der Waals surface area contributed by atoms with Crippen molar-refractivity contribution in [3.05, 3.63) is 72.1 Å². The zero-order valence-corrected chi connectivity index (χ0v) is 16.0. The molecule has 4 nitrogen and oxygen atoms in total. The van der Waals surface area contributed by atoms with Crippen molar-refractivity contribution in [2.45, 2.75) is 38.9 Å². The number of aromatic nitrogens is 1. The average molecular weight is 351 g/mol. The molecule has 0 saturated carbocycles. The van der Waals surface area contributed by atoms with Crippen LogP contribution in [0.5, 0.6) is 5.75 Å². The number of hydrogen-bond acceptors (Lipinski definition) is 4. The highest BCUT2D eigenvalue weighted by molar-refractivity contribution is 5.34. The smallest absolute Gasteiger partial charge is 0.115 e. The Labute approximate surface area is 156 Å². The largest absolute Gasteiger partial charge is 0.508 e. The summed E-state index contributed by atoms with van der Waals surface area (Å²) in [7, 11) is 0. The van der Waals surface area contributed by atoms with Gasteiger partial charge in [0.25, 0.3) is 0 Å². The van der Waals surface area contributed by atoms with Crippen LogP contribution in [0.2, 0.25) is 0 Å². The molecule has 26 heavy (non-hydrogen) atoms. The van der Waals surface area contributed by atoms with E-state index in [2.05, 4.69) is 55.3 Å². The third-order valence-corrected chi connectivity index (χ3v) is 5.26. The van der Waals surface area contributed by atoms with E-state index >= 15 is 0 Å². The first-order chi connectivity index (χ1) is 12.5. The van der Waals surface area contributed by atoms with Gasteiger partial charge in [-0.25, -0.2) is 0 Å². The monoisotopic (exact) mass is 351 g/mol. The van der Waals surface area contributed by atoms with Gasteiger partial charge in [0.1, 0.15) is 5.75 Å². The van der Waals surface area contributed by atoms with Gasteiger partial charge in [-0.1, -0.05) is 24.3 Å². The highest BCUT2D eigenvalue weighted by Crippen LogP contribution is 2.33. The van der Waals surface area contributed by atoms with Crippen LogP contribution >= 0.6 is 0 Å². The Morgan fingerprint density at radius 3 is 2.69 bits per heavy atom. The fraction of sp³-hybridized carbons (Fsp3) is 0.409. The predicted molar refractivity (Wildman–Crippen MR) is 106 cm³/mol. The maximum atomic E-state index is 10.0. The number of phenols is 1. The van der Waals surface area contributed by atoms with E-state index in [4.69, 9.17) is 4.98 Å². The number of piperazine rings is 1. The first-order valence-corrected chi connectivity index (χ1v) is 9.31. The zero-order chi connectivity index (χ0) is 18.7.